The van der Waals surface area contributed by atoms with Gasteiger partial charge in [0.25, 0.3) is 0 Å². The lowest BCUT2D eigenvalue weighted by Crippen LogP contribution is -2.34. The molecule has 1 saturated carbocycles. The fraction of sp³-hybridized carbons (Fsp3) is 0.733. The average molecular weight is 260 g/mol. The van der Waals surface area contributed by atoms with Crippen LogP contribution in [0.2, 0.25) is 0 Å². The van der Waals surface area contributed by atoms with Crippen LogP contribution in [0, 0.1) is 5.92 Å². The molecule has 2 aliphatic rings. The smallest absolute Gasteiger partial charge is 0.144 e. The monoisotopic (exact) mass is 260 g/mol. The number of hydrogen-bond donors (Lipinski definition) is 1. The molecule has 0 amide bonds. The summed E-state index contributed by atoms with van der Waals surface area (Å²) in [5, 5.41) is 3.19. The van der Waals surface area contributed by atoms with Gasteiger partial charge in [0.2, 0.25) is 0 Å². The zero-order valence-corrected chi connectivity index (χ0v) is 11.8. The maximum atomic E-state index is 4.53. The molecule has 1 N–H and O–H groups in total. The molecule has 0 aromatic carbocycles. The second-order valence-corrected chi connectivity index (χ2v) is 5.79. The second-order valence-electron chi connectivity index (χ2n) is 5.79. The number of nitrogens with zero attached hydrogens (tertiary/aromatic N) is 3. The predicted molar refractivity (Wildman–Crippen MR) is 77.0 cm³/mol. The predicted octanol–water partition coefficient (Wildman–Crippen LogP) is 2.67. The fourth-order valence-corrected chi connectivity index (χ4v) is 3.62. The normalized spacial score (nSPS) is 27.2. The van der Waals surface area contributed by atoms with Crippen LogP contribution in [0.4, 0.5) is 5.82 Å². The van der Waals surface area contributed by atoms with Crippen LogP contribution in [-0.4, -0.2) is 34.0 Å². The first kappa shape index (κ1) is 12.9. The van der Waals surface area contributed by atoms with Crippen LogP contribution >= 0.6 is 0 Å². The Balaban J connectivity index is 1.61. The van der Waals surface area contributed by atoms with Crippen LogP contribution in [0.15, 0.2) is 12.4 Å². The Morgan fingerprint density at radius 2 is 2.11 bits per heavy atom. The van der Waals surface area contributed by atoms with Crippen LogP contribution in [-0.2, 0) is 6.54 Å². The number of hydrogen-bond acceptors (Lipinski definition) is 4. The van der Waals surface area contributed by atoms with E-state index in [-0.39, 0.29) is 0 Å². The van der Waals surface area contributed by atoms with Gasteiger partial charge in [0.15, 0.2) is 0 Å². The molecule has 19 heavy (non-hydrogen) atoms. The topological polar surface area (TPSA) is 41.1 Å². The first-order chi connectivity index (χ1) is 9.36. The van der Waals surface area contributed by atoms with Gasteiger partial charge in [0.05, 0.1) is 18.1 Å². The van der Waals surface area contributed by atoms with Crippen LogP contribution < -0.4 is 5.32 Å². The van der Waals surface area contributed by atoms with Crippen molar-refractivity contribution in [3.63, 3.8) is 0 Å². The highest BCUT2D eigenvalue weighted by Crippen LogP contribution is 2.36. The summed E-state index contributed by atoms with van der Waals surface area (Å²) in [6.07, 6.45) is 10.8. The third-order valence-corrected chi connectivity index (χ3v) is 4.55. The lowest BCUT2D eigenvalue weighted by molar-refractivity contribution is 0.174. The number of likely N-dealkylation sites (tertiary alicyclic amines) is 1. The van der Waals surface area contributed by atoms with Crippen LogP contribution in [0.5, 0.6) is 0 Å². The molecule has 1 aliphatic carbocycles. The van der Waals surface area contributed by atoms with Crippen molar-refractivity contribution >= 4 is 5.82 Å². The van der Waals surface area contributed by atoms with Gasteiger partial charge in [-0.3, -0.25) is 9.88 Å². The van der Waals surface area contributed by atoms with Gasteiger partial charge < -0.3 is 5.32 Å². The van der Waals surface area contributed by atoms with Crippen molar-refractivity contribution in [1.82, 2.24) is 14.9 Å². The minimum atomic E-state index is 0.809. The van der Waals surface area contributed by atoms with Gasteiger partial charge >= 0.3 is 0 Å². The second kappa shape index (κ2) is 5.87. The molecule has 1 aromatic rings. The van der Waals surface area contributed by atoms with Gasteiger partial charge in [-0.05, 0) is 38.6 Å². The zero-order valence-electron chi connectivity index (χ0n) is 11.8. The molecule has 2 fully saturated rings. The van der Waals surface area contributed by atoms with E-state index in [0.29, 0.717) is 0 Å². The van der Waals surface area contributed by atoms with Crippen molar-refractivity contribution in [2.75, 3.05) is 18.4 Å². The SMILES string of the molecule is CCNc1cnc(CN2CCC3CCCCC32)cn1. The zero-order chi connectivity index (χ0) is 13.1. The minimum absolute atomic E-state index is 0.809. The molecule has 4 heteroatoms. The molecular weight excluding hydrogens is 236 g/mol. The fourth-order valence-electron chi connectivity index (χ4n) is 3.62. The van der Waals surface area contributed by atoms with E-state index in [1.54, 1.807) is 0 Å². The van der Waals surface area contributed by atoms with Gasteiger partial charge in [0.1, 0.15) is 5.82 Å². The number of aromatic nitrogens is 2. The van der Waals surface area contributed by atoms with Crippen molar-refractivity contribution in [2.24, 2.45) is 5.92 Å². The molecule has 2 heterocycles. The van der Waals surface area contributed by atoms with Gasteiger partial charge in [-0.15, -0.1) is 0 Å². The van der Waals surface area contributed by atoms with E-state index in [4.69, 9.17) is 0 Å². The minimum Gasteiger partial charge on any atom is -0.369 e. The van der Waals surface area contributed by atoms with E-state index in [1.165, 1.54) is 38.6 Å². The highest BCUT2D eigenvalue weighted by atomic mass is 15.2. The first-order valence-corrected chi connectivity index (χ1v) is 7.65. The number of nitrogens with one attached hydrogen (secondary N) is 1. The molecule has 0 spiro atoms. The Bertz CT molecular complexity index is 403. The Kier molecular flexibility index (Phi) is 3.97. The molecule has 4 nitrogen and oxygen atoms in total. The molecule has 0 bridgehead atoms. The van der Waals surface area contributed by atoms with E-state index in [0.717, 1.165) is 36.6 Å². The van der Waals surface area contributed by atoms with E-state index in [2.05, 4.69) is 27.1 Å². The van der Waals surface area contributed by atoms with Crippen LogP contribution in [0.25, 0.3) is 0 Å². The highest BCUT2D eigenvalue weighted by molar-refractivity contribution is 5.30. The summed E-state index contributed by atoms with van der Waals surface area (Å²) in [5.41, 5.74) is 1.10. The maximum absolute atomic E-state index is 4.53. The Labute approximate surface area is 115 Å². The van der Waals surface area contributed by atoms with Crippen molar-refractivity contribution in [1.29, 1.82) is 0 Å². The number of fused-ring (bicyclic) bond motifs is 1. The molecule has 2 unspecified atom stereocenters. The Morgan fingerprint density at radius 1 is 1.21 bits per heavy atom. The van der Waals surface area contributed by atoms with Crippen molar-refractivity contribution in [2.45, 2.75) is 51.6 Å². The molecule has 0 radical (unpaired) electrons. The Morgan fingerprint density at radius 3 is 2.89 bits per heavy atom. The Hall–Kier alpha value is -1.16. The van der Waals surface area contributed by atoms with Crippen LogP contribution in [0.3, 0.4) is 0 Å². The van der Waals surface area contributed by atoms with E-state index in [9.17, 15) is 0 Å². The average Bonchev–Trinajstić information content (AvgIpc) is 2.85. The summed E-state index contributed by atoms with van der Waals surface area (Å²) in [6.45, 7) is 5.18. The van der Waals surface area contributed by atoms with Crippen molar-refractivity contribution < 1.29 is 0 Å². The number of anilines is 1. The van der Waals surface area contributed by atoms with E-state index >= 15 is 0 Å². The third kappa shape index (κ3) is 2.89. The molecule has 1 aliphatic heterocycles. The summed E-state index contributed by atoms with van der Waals surface area (Å²) in [6, 6.07) is 0.809. The molecule has 3 rings (SSSR count). The lowest BCUT2D eigenvalue weighted by atomic mass is 9.85. The lowest BCUT2D eigenvalue weighted by Gasteiger charge is -2.31. The molecule has 1 saturated heterocycles. The number of rotatable bonds is 4. The van der Waals surface area contributed by atoms with Gasteiger partial charge in [0, 0.05) is 19.1 Å². The summed E-state index contributed by atoms with van der Waals surface area (Å²) in [5.74, 6) is 1.82. The van der Waals surface area contributed by atoms with Crippen molar-refractivity contribution in [3.05, 3.63) is 18.1 Å². The van der Waals surface area contributed by atoms with Gasteiger partial charge in [-0.25, -0.2) is 4.98 Å². The maximum Gasteiger partial charge on any atom is 0.144 e. The van der Waals surface area contributed by atoms with E-state index < -0.39 is 0 Å². The summed E-state index contributed by atoms with van der Waals surface area (Å²) < 4.78 is 0. The third-order valence-electron chi connectivity index (χ3n) is 4.55. The summed E-state index contributed by atoms with van der Waals surface area (Å²) >= 11 is 0. The summed E-state index contributed by atoms with van der Waals surface area (Å²) in [4.78, 5) is 11.6. The standard InChI is InChI=1S/C15H24N4/c1-2-16-15-10-17-13(9-18-15)11-19-8-7-12-5-3-4-6-14(12)19/h9-10,12,14H,2-8,11H2,1H3,(H,16,18). The molecule has 1 aromatic heterocycles. The van der Waals surface area contributed by atoms with E-state index in [1.807, 2.05) is 12.4 Å². The molecule has 104 valence electrons. The molecule has 2 atom stereocenters. The highest BCUT2D eigenvalue weighted by Gasteiger charge is 2.35. The summed E-state index contributed by atoms with van der Waals surface area (Å²) in [7, 11) is 0. The van der Waals surface area contributed by atoms with Crippen LogP contribution in [0.1, 0.15) is 44.7 Å². The van der Waals surface area contributed by atoms with Gasteiger partial charge in [-0.1, -0.05) is 12.8 Å². The first-order valence-electron chi connectivity index (χ1n) is 7.65. The largest absolute Gasteiger partial charge is 0.369 e. The quantitative estimate of drug-likeness (QED) is 0.903. The molecular formula is C15H24N4. The van der Waals surface area contributed by atoms with Crippen molar-refractivity contribution in [3.8, 4) is 0 Å². The van der Waals surface area contributed by atoms with Gasteiger partial charge in [-0.2, -0.15) is 0 Å².